The number of rotatable bonds is 3. The lowest BCUT2D eigenvalue weighted by molar-refractivity contribution is 0.833. The van der Waals surface area contributed by atoms with Crippen LogP contribution in [0, 0.1) is 0 Å². The lowest BCUT2D eigenvalue weighted by Gasteiger charge is -2.05. The molecular formula is C15H14N4. The number of hydrogen-bond acceptors (Lipinski definition) is 3. The average molecular weight is 250 g/mol. The molecule has 2 aromatic heterocycles. The maximum Gasteiger partial charge on any atom is 0.131 e. The summed E-state index contributed by atoms with van der Waals surface area (Å²) in [4.78, 5) is 8.83. The summed E-state index contributed by atoms with van der Waals surface area (Å²) in [5, 5.41) is 1.08. The molecule has 0 radical (unpaired) electrons. The minimum atomic E-state index is 0.637. The highest BCUT2D eigenvalue weighted by atomic mass is 15.1. The van der Waals surface area contributed by atoms with Gasteiger partial charge in [0.15, 0.2) is 0 Å². The zero-order valence-corrected chi connectivity index (χ0v) is 10.5. The second kappa shape index (κ2) is 4.57. The Morgan fingerprint density at radius 1 is 1.21 bits per heavy atom. The lowest BCUT2D eigenvalue weighted by Crippen LogP contribution is -2.00. The van der Waals surface area contributed by atoms with Crippen molar-refractivity contribution in [2.75, 3.05) is 5.73 Å². The minimum Gasteiger partial charge on any atom is -0.383 e. The van der Waals surface area contributed by atoms with Gasteiger partial charge in [-0.3, -0.25) is 4.98 Å². The first kappa shape index (κ1) is 11.5. The largest absolute Gasteiger partial charge is 0.383 e. The highest BCUT2D eigenvalue weighted by molar-refractivity contribution is 5.94. The van der Waals surface area contributed by atoms with E-state index in [4.69, 9.17) is 5.73 Å². The summed E-state index contributed by atoms with van der Waals surface area (Å²) in [6, 6.07) is 9.97. The number of nitrogens with zero attached hydrogens (tertiary/aromatic N) is 3. The molecule has 0 saturated carbocycles. The van der Waals surface area contributed by atoms with Crippen LogP contribution in [0.4, 0.5) is 5.82 Å². The average Bonchev–Trinajstić information content (AvgIpc) is 2.80. The highest BCUT2D eigenvalue weighted by Crippen LogP contribution is 2.29. The Hall–Kier alpha value is -2.62. The van der Waals surface area contributed by atoms with Gasteiger partial charge in [-0.05, 0) is 6.07 Å². The van der Waals surface area contributed by atoms with Crippen LogP contribution in [-0.4, -0.2) is 14.5 Å². The first-order chi connectivity index (χ1) is 9.31. The Bertz CT molecular complexity index is 737. The number of pyridine rings is 1. The summed E-state index contributed by atoms with van der Waals surface area (Å²) in [7, 11) is 0. The molecule has 94 valence electrons. The third-order valence-electron chi connectivity index (χ3n) is 3.09. The number of fused-ring (bicyclic) bond motifs is 1. The van der Waals surface area contributed by atoms with Crippen molar-refractivity contribution in [3.8, 4) is 11.3 Å². The SMILES string of the molecule is C=CCn1cnc(-c2cccc3cccnc23)c1N. The van der Waals surface area contributed by atoms with Crippen LogP contribution in [0.3, 0.4) is 0 Å². The third kappa shape index (κ3) is 1.87. The molecular weight excluding hydrogens is 236 g/mol. The molecule has 0 aliphatic carbocycles. The molecule has 0 fully saturated rings. The summed E-state index contributed by atoms with van der Waals surface area (Å²) in [6.07, 6.45) is 5.31. The maximum atomic E-state index is 6.14. The fraction of sp³-hybridized carbons (Fsp3) is 0.0667. The molecule has 3 aromatic rings. The Labute approximate surface area is 111 Å². The third-order valence-corrected chi connectivity index (χ3v) is 3.09. The topological polar surface area (TPSA) is 56.7 Å². The second-order valence-corrected chi connectivity index (χ2v) is 4.30. The molecule has 0 atom stereocenters. The molecule has 0 bridgehead atoms. The van der Waals surface area contributed by atoms with Crippen molar-refractivity contribution in [2.24, 2.45) is 0 Å². The summed E-state index contributed by atoms with van der Waals surface area (Å²) < 4.78 is 1.87. The van der Waals surface area contributed by atoms with Crippen molar-refractivity contribution < 1.29 is 0 Å². The summed E-state index contributed by atoms with van der Waals surface area (Å²) >= 11 is 0. The molecule has 0 unspecified atom stereocenters. The lowest BCUT2D eigenvalue weighted by atomic mass is 10.1. The van der Waals surface area contributed by atoms with E-state index in [0.717, 1.165) is 22.2 Å². The van der Waals surface area contributed by atoms with E-state index in [-0.39, 0.29) is 0 Å². The zero-order chi connectivity index (χ0) is 13.2. The van der Waals surface area contributed by atoms with E-state index in [9.17, 15) is 0 Å². The highest BCUT2D eigenvalue weighted by Gasteiger charge is 2.12. The predicted octanol–water partition coefficient (Wildman–Crippen LogP) is 2.87. The maximum absolute atomic E-state index is 6.14. The number of nitrogen functional groups attached to an aromatic ring is 1. The van der Waals surface area contributed by atoms with Crippen molar-refractivity contribution >= 4 is 16.7 Å². The molecule has 4 heteroatoms. The normalized spacial score (nSPS) is 10.7. The van der Waals surface area contributed by atoms with Crippen LogP contribution in [0.25, 0.3) is 22.2 Å². The Morgan fingerprint density at radius 3 is 2.89 bits per heavy atom. The van der Waals surface area contributed by atoms with Gasteiger partial charge in [0.2, 0.25) is 0 Å². The van der Waals surface area contributed by atoms with Gasteiger partial charge in [-0.15, -0.1) is 6.58 Å². The molecule has 0 spiro atoms. The Balaban J connectivity index is 2.22. The van der Waals surface area contributed by atoms with Crippen molar-refractivity contribution in [2.45, 2.75) is 6.54 Å². The van der Waals surface area contributed by atoms with Crippen LogP contribution < -0.4 is 5.73 Å². The van der Waals surface area contributed by atoms with Crippen molar-refractivity contribution in [1.82, 2.24) is 14.5 Å². The van der Waals surface area contributed by atoms with Crippen LogP contribution in [-0.2, 0) is 6.54 Å². The Morgan fingerprint density at radius 2 is 2.05 bits per heavy atom. The number of para-hydroxylation sites is 1. The minimum absolute atomic E-state index is 0.637. The molecule has 19 heavy (non-hydrogen) atoms. The number of benzene rings is 1. The molecule has 1 aromatic carbocycles. The molecule has 0 aliphatic heterocycles. The van der Waals surface area contributed by atoms with Crippen molar-refractivity contribution in [1.29, 1.82) is 0 Å². The molecule has 0 amide bonds. The van der Waals surface area contributed by atoms with Gasteiger partial charge >= 0.3 is 0 Å². The number of anilines is 1. The van der Waals surface area contributed by atoms with E-state index >= 15 is 0 Å². The fourth-order valence-electron chi connectivity index (χ4n) is 2.18. The van der Waals surface area contributed by atoms with E-state index in [2.05, 4.69) is 16.5 Å². The van der Waals surface area contributed by atoms with Crippen LogP contribution in [0.15, 0.2) is 55.5 Å². The van der Waals surface area contributed by atoms with Crippen LogP contribution in [0.1, 0.15) is 0 Å². The fourth-order valence-corrected chi connectivity index (χ4v) is 2.18. The number of allylic oxidation sites excluding steroid dienone is 1. The Kier molecular flexibility index (Phi) is 2.76. The van der Waals surface area contributed by atoms with Crippen LogP contribution >= 0.6 is 0 Å². The van der Waals surface area contributed by atoms with Crippen LogP contribution in [0.2, 0.25) is 0 Å². The van der Waals surface area contributed by atoms with Gasteiger partial charge in [0, 0.05) is 23.7 Å². The zero-order valence-electron chi connectivity index (χ0n) is 10.5. The monoisotopic (exact) mass is 250 g/mol. The van der Waals surface area contributed by atoms with Crippen molar-refractivity contribution in [3.63, 3.8) is 0 Å². The predicted molar refractivity (Wildman–Crippen MR) is 77.6 cm³/mol. The summed E-state index contributed by atoms with van der Waals surface area (Å²) in [6.45, 7) is 4.36. The standard InChI is InChI=1S/C15H14N4/c1-2-9-19-10-18-14(15(19)16)12-7-3-5-11-6-4-8-17-13(11)12/h2-8,10H,1,9,16H2. The number of nitrogens with two attached hydrogens (primary N) is 1. The van der Waals surface area contributed by atoms with E-state index in [1.807, 2.05) is 34.9 Å². The van der Waals surface area contributed by atoms with Crippen molar-refractivity contribution in [3.05, 3.63) is 55.5 Å². The number of imidazole rings is 1. The number of aromatic nitrogens is 3. The molecule has 2 N–H and O–H groups in total. The molecule has 0 aliphatic rings. The molecule has 4 nitrogen and oxygen atoms in total. The van der Waals surface area contributed by atoms with E-state index in [0.29, 0.717) is 12.4 Å². The molecule has 2 heterocycles. The van der Waals surface area contributed by atoms with Gasteiger partial charge in [0.05, 0.1) is 11.8 Å². The van der Waals surface area contributed by atoms with Gasteiger partial charge in [0.1, 0.15) is 11.5 Å². The quantitative estimate of drug-likeness (QED) is 0.727. The second-order valence-electron chi connectivity index (χ2n) is 4.30. The van der Waals surface area contributed by atoms with Gasteiger partial charge < -0.3 is 10.3 Å². The molecule has 3 rings (SSSR count). The van der Waals surface area contributed by atoms with E-state index in [1.165, 1.54) is 0 Å². The summed E-state index contributed by atoms with van der Waals surface area (Å²) in [5.41, 5.74) is 8.78. The number of hydrogen-bond donors (Lipinski definition) is 1. The summed E-state index contributed by atoms with van der Waals surface area (Å²) in [5.74, 6) is 0.637. The van der Waals surface area contributed by atoms with E-state index in [1.54, 1.807) is 18.6 Å². The van der Waals surface area contributed by atoms with Gasteiger partial charge in [-0.25, -0.2) is 4.98 Å². The van der Waals surface area contributed by atoms with Gasteiger partial charge in [0.25, 0.3) is 0 Å². The molecule has 0 saturated heterocycles. The first-order valence-corrected chi connectivity index (χ1v) is 6.07. The van der Waals surface area contributed by atoms with E-state index < -0.39 is 0 Å². The van der Waals surface area contributed by atoms with Gasteiger partial charge in [-0.2, -0.15) is 0 Å². The van der Waals surface area contributed by atoms with Gasteiger partial charge in [-0.1, -0.05) is 30.3 Å². The smallest absolute Gasteiger partial charge is 0.131 e. The van der Waals surface area contributed by atoms with Crippen LogP contribution in [0.5, 0.6) is 0 Å². The first-order valence-electron chi connectivity index (χ1n) is 6.07.